The number of hydrogen-bond acceptors (Lipinski definition) is 2. The van der Waals surface area contributed by atoms with Crippen LogP contribution in [0.5, 0.6) is 0 Å². The van der Waals surface area contributed by atoms with Crippen LogP contribution in [0.1, 0.15) is 51.3 Å². The van der Waals surface area contributed by atoms with Gasteiger partial charge in [-0.1, -0.05) is 52.0 Å². The van der Waals surface area contributed by atoms with Gasteiger partial charge in [-0.25, -0.2) is 0 Å². The van der Waals surface area contributed by atoms with E-state index in [4.69, 9.17) is 0 Å². The third kappa shape index (κ3) is 5.33. The van der Waals surface area contributed by atoms with Crippen LogP contribution in [0.3, 0.4) is 0 Å². The Kier molecular flexibility index (Phi) is 7.76. The van der Waals surface area contributed by atoms with Gasteiger partial charge in [0.25, 0.3) is 0 Å². The van der Waals surface area contributed by atoms with Crippen LogP contribution < -0.4 is 5.32 Å². The Morgan fingerprint density at radius 3 is 2.11 bits per heavy atom. The third-order valence-corrected chi connectivity index (χ3v) is 3.87. The molecule has 1 aromatic carbocycles. The Bertz CT molecular complexity index is 328. The zero-order valence-electron chi connectivity index (χ0n) is 13.1. The minimum absolute atomic E-state index is 0.483. The molecule has 0 saturated carbocycles. The number of nitrogens with zero attached hydrogens (tertiary/aromatic N) is 1. The molecule has 1 aromatic rings. The van der Waals surface area contributed by atoms with Crippen LogP contribution in [0, 0.1) is 0 Å². The Labute approximate surface area is 119 Å². The van der Waals surface area contributed by atoms with Crippen LogP contribution in [-0.2, 0) is 6.42 Å². The van der Waals surface area contributed by atoms with Crippen LogP contribution in [0.15, 0.2) is 24.3 Å². The second-order valence-corrected chi connectivity index (χ2v) is 5.02. The van der Waals surface area contributed by atoms with E-state index in [9.17, 15) is 0 Å². The molecule has 2 heteroatoms. The summed E-state index contributed by atoms with van der Waals surface area (Å²) in [5.41, 5.74) is 2.84. The van der Waals surface area contributed by atoms with Crippen molar-refractivity contribution in [3.63, 3.8) is 0 Å². The largest absolute Gasteiger partial charge is 0.310 e. The first kappa shape index (κ1) is 16.2. The summed E-state index contributed by atoms with van der Waals surface area (Å²) in [7, 11) is 0. The molecule has 0 aliphatic rings. The number of aryl methyl sites for hydroxylation is 1. The molecule has 0 saturated heterocycles. The van der Waals surface area contributed by atoms with E-state index < -0.39 is 0 Å². The highest BCUT2D eigenvalue weighted by Crippen LogP contribution is 2.18. The Balaban J connectivity index is 2.64. The van der Waals surface area contributed by atoms with Crippen molar-refractivity contribution in [3.8, 4) is 0 Å². The van der Waals surface area contributed by atoms with Gasteiger partial charge < -0.3 is 10.2 Å². The minimum atomic E-state index is 0.483. The van der Waals surface area contributed by atoms with Gasteiger partial charge in [-0.15, -0.1) is 0 Å². The first-order chi connectivity index (χ1) is 9.24. The molecule has 0 heterocycles. The van der Waals surface area contributed by atoms with Crippen LogP contribution >= 0.6 is 0 Å². The SMILES string of the molecule is CCNC(CCN(CC)CC)c1ccc(CC)cc1. The lowest BCUT2D eigenvalue weighted by molar-refractivity contribution is 0.282. The smallest absolute Gasteiger partial charge is 0.0332 e. The van der Waals surface area contributed by atoms with Crippen LogP contribution in [0.25, 0.3) is 0 Å². The second kappa shape index (κ2) is 9.11. The fourth-order valence-corrected chi connectivity index (χ4v) is 2.47. The molecule has 2 nitrogen and oxygen atoms in total. The van der Waals surface area contributed by atoms with Crippen LogP contribution in [-0.4, -0.2) is 31.1 Å². The van der Waals surface area contributed by atoms with E-state index in [-0.39, 0.29) is 0 Å². The van der Waals surface area contributed by atoms with Crippen molar-refractivity contribution in [2.45, 2.75) is 46.6 Å². The average Bonchev–Trinajstić information content (AvgIpc) is 2.47. The third-order valence-electron chi connectivity index (χ3n) is 3.87. The first-order valence-electron chi connectivity index (χ1n) is 7.79. The number of rotatable bonds is 9. The van der Waals surface area contributed by atoms with Crippen molar-refractivity contribution in [2.24, 2.45) is 0 Å². The summed E-state index contributed by atoms with van der Waals surface area (Å²) in [5.74, 6) is 0. The van der Waals surface area contributed by atoms with Gasteiger partial charge in [-0.3, -0.25) is 0 Å². The normalized spacial score (nSPS) is 12.9. The Morgan fingerprint density at radius 2 is 1.63 bits per heavy atom. The summed E-state index contributed by atoms with van der Waals surface area (Å²) in [6, 6.07) is 9.58. The van der Waals surface area contributed by atoms with Crippen molar-refractivity contribution in [1.82, 2.24) is 10.2 Å². The van der Waals surface area contributed by atoms with Gasteiger partial charge in [0.05, 0.1) is 0 Å². The highest BCUT2D eigenvalue weighted by Gasteiger charge is 2.11. The molecule has 1 N–H and O–H groups in total. The predicted molar refractivity (Wildman–Crippen MR) is 84.6 cm³/mol. The molecule has 0 bridgehead atoms. The summed E-state index contributed by atoms with van der Waals surface area (Å²) in [6.07, 6.45) is 2.30. The monoisotopic (exact) mass is 262 g/mol. The molecule has 0 aromatic heterocycles. The van der Waals surface area contributed by atoms with Crippen molar-refractivity contribution >= 4 is 0 Å². The number of nitrogens with one attached hydrogen (secondary N) is 1. The second-order valence-electron chi connectivity index (χ2n) is 5.02. The molecule has 0 aliphatic carbocycles. The maximum absolute atomic E-state index is 3.61. The van der Waals surface area contributed by atoms with E-state index >= 15 is 0 Å². The van der Waals surface area contributed by atoms with Gasteiger partial charge in [-0.05, 0) is 50.1 Å². The average molecular weight is 262 g/mol. The number of benzene rings is 1. The highest BCUT2D eigenvalue weighted by atomic mass is 15.1. The molecule has 0 spiro atoms. The summed E-state index contributed by atoms with van der Waals surface area (Å²) in [6.45, 7) is 13.3. The van der Waals surface area contributed by atoms with Gasteiger partial charge >= 0.3 is 0 Å². The van der Waals surface area contributed by atoms with Crippen molar-refractivity contribution in [1.29, 1.82) is 0 Å². The van der Waals surface area contributed by atoms with Gasteiger partial charge in [0.1, 0.15) is 0 Å². The molecule has 1 rings (SSSR count). The molecule has 1 unspecified atom stereocenters. The van der Waals surface area contributed by atoms with E-state index in [1.807, 2.05) is 0 Å². The molecule has 1 atom stereocenters. The molecule has 0 radical (unpaired) electrons. The summed E-state index contributed by atoms with van der Waals surface area (Å²) >= 11 is 0. The van der Waals surface area contributed by atoms with Crippen LogP contribution in [0.4, 0.5) is 0 Å². The topological polar surface area (TPSA) is 15.3 Å². The molecule has 108 valence electrons. The molecular weight excluding hydrogens is 232 g/mol. The Morgan fingerprint density at radius 1 is 1.00 bits per heavy atom. The van der Waals surface area contributed by atoms with Gasteiger partial charge in [-0.2, -0.15) is 0 Å². The minimum Gasteiger partial charge on any atom is -0.310 e. The summed E-state index contributed by atoms with van der Waals surface area (Å²) in [4.78, 5) is 2.49. The highest BCUT2D eigenvalue weighted by molar-refractivity contribution is 5.25. The predicted octanol–water partition coefficient (Wildman–Crippen LogP) is 3.63. The van der Waals surface area contributed by atoms with Gasteiger partial charge in [0.2, 0.25) is 0 Å². The van der Waals surface area contributed by atoms with Crippen molar-refractivity contribution in [2.75, 3.05) is 26.2 Å². The van der Waals surface area contributed by atoms with Crippen molar-refractivity contribution in [3.05, 3.63) is 35.4 Å². The zero-order chi connectivity index (χ0) is 14.1. The maximum Gasteiger partial charge on any atom is 0.0332 e. The van der Waals surface area contributed by atoms with Crippen LogP contribution in [0.2, 0.25) is 0 Å². The first-order valence-corrected chi connectivity index (χ1v) is 7.79. The lowest BCUT2D eigenvalue weighted by Crippen LogP contribution is -2.29. The number of hydrogen-bond donors (Lipinski definition) is 1. The Hall–Kier alpha value is -0.860. The molecule has 0 fully saturated rings. The van der Waals surface area contributed by atoms with E-state index in [1.165, 1.54) is 24.1 Å². The molecular formula is C17H30N2. The summed E-state index contributed by atoms with van der Waals surface area (Å²) < 4.78 is 0. The molecule has 19 heavy (non-hydrogen) atoms. The van der Waals surface area contributed by atoms with Gasteiger partial charge in [0, 0.05) is 6.04 Å². The quantitative estimate of drug-likeness (QED) is 0.731. The van der Waals surface area contributed by atoms with Gasteiger partial charge in [0.15, 0.2) is 0 Å². The molecule has 0 amide bonds. The molecule has 0 aliphatic heterocycles. The fraction of sp³-hybridized carbons (Fsp3) is 0.647. The van der Waals surface area contributed by atoms with E-state index in [0.29, 0.717) is 6.04 Å². The fourth-order valence-electron chi connectivity index (χ4n) is 2.47. The van der Waals surface area contributed by atoms with Crippen molar-refractivity contribution < 1.29 is 0 Å². The van der Waals surface area contributed by atoms with E-state index in [1.54, 1.807) is 0 Å². The maximum atomic E-state index is 3.61. The van der Waals surface area contributed by atoms with E-state index in [0.717, 1.165) is 26.1 Å². The zero-order valence-corrected chi connectivity index (χ0v) is 13.1. The lowest BCUT2D eigenvalue weighted by atomic mass is 10.0. The summed E-state index contributed by atoms with van der Waals surface area (Å²) in [5, 5.41) is 3.61. The van der Waals surface area contributed by atoms with E-state index in [2.05, 4.69) is 62.2 Å². The standard InChI is InChI=1S/C17H30N2/c1-5-15-9-11-16(12-10-15)17(18-6-2)13-14-19(7-3)8-4/h9-12,17-18H,5-8,13-14H2,1-4H3. The lowest BCUT2D eigenvalue weighted by Gasteiger charge is -2.23.